The molecule has 0 unspecified atom stereocenters. The van der Waals surface area contributed by atoms with Crippen molar-refractivity contribution in [2.24, 2.45) is 0 Å². The molecule has 2 aromatic rings. The zero-order valence-electron chi connectivity index (χ0n) is 18.6. The molecule has 33 heavy (non-hydrogen) atoms. The number of morpholine rings is 1. The summed E-state index contributed by atoms with van der Waals surface area (Å²) in [6.45, 7) is 6.59. The third kappa shape index (κ3) is 6.68. The number of hydrogen-bond donors (Lipinski definition) is 2. The molecule has 0 aromatic heterocycles. The van der Waals surface area contributed by atoms with Crippen molar-refractivity contribution in [1.82, 2.24) is 9.80 Å². The van der Waals surface area contributed by atoms with Crippen molar-refractivity contribution in [1.29, 1.82) is 0 Å². The monoisotopic (exact) mass is 471 g/mol. The molecule has 8 nitrogen and oxygen atoms in total. The van der Waals surface area contributed by atoms with Gasteiger partial charge in [0.1, 0.15) is 0 Å². The molecule has 2 N–H and O–H groups in total. The van der Waals surface area contributed by atoms with Crippen LogP contribution < -0.4 is 15.5 Å². The van der Waals surface area contributed by atoms with Crippen molar-refractivity contribution in [2.45, 2.75) is 0 Å². The highest BCUT2D eigenvalue weighted by Gasteiger charge is 2.22. The quantitative estimate of drug-likeness (QED) is 0.645. The Balaban J connectivity index is 1.22. The second kappa shape index (κ2) is 11.5. The molecule has 0 bridgehead atoms. The van der Waals surface area contributed by atoms with Gasteiger partial charge in [0.05, 0.1) is 48.4 Å². The van der Waals surface area contributed by atoms with E-state index in [9.17, 15) is 9.59 Å². The average molecular weight is 472 g/mol. The van der Waals surface area contributed by atoms with Crippen molar-refractivity contribution in [2.75, 3.05) is 81.1 Å². The molecule has 2 aliphatic rings. The number of nitrogens with one attached hydrogen (secondary N) is 2. The van der Waals surface area contributed by atoms with Gasteiger partial charge < -0.3 is 20.3 Å². The highest BCUT2D eigenvalue weighted by Crippen LogP contribution is 2.26. The van der Waals surface area contributed by atoms with E-state index in [1.165, 1.54) is 0 Å². The molecular weight excluding hydrogens is 442 g/mol. The van der Waals surface area contributed by atoms with Gasteiger partial charge in [0, 0.05) is 39.3 Å². The van der Waals surface area contributed by atoms with E-state index in [1.54, 1.807) is 12.1 Å². The van der Waals surface area contributed by atoms with E-state index in [-0.39, 0.29) is 11.8 Å². The Hall–Kier alpha value is -2.65. The van der Waals surface area contributed by atoms with Crippen LogP contribution in [0.15, 0.2) is 48.5 Å². The lowest BCUT2D eigenvalue weighted by atomic mass is 10.2. The van der Waals surface area contributed by atoms with Crippen LogP contribution in [-0.2, 0) is 14.3 Å². The summed E-state index contributed by atoms with van der Waals surface area (Å²) in [5.41, 5.74) is 2.49. The highest BCUT2D eigenvalue weighted by molar-refractivity contribution is 6.33. The van der Waals surface area contributed by atoms with Crippen molar-refractivity contribution in [3.05, 3.63) is 53.6 Å². The maximum Gasteiger partial charge on any atom is 0.238 e. The third-order valence-electron chi connectivity index (χ3n) is 5.88. The Labute approximate surface area is 199 Å². The van der Waals surface area contributed by atoms with Crippen molar-refractivity contribution in [3.63, 3.8) is 0 Å². The summed E-state index contributed by atoms with van der Waals surface area (Å²) in [6.07, 6.45) is 0. The number of hydrogen-bond acceptors (Lipinski definition) is 6. The van der Waals surface area contributed by atoms with Gasteiger partial charge in [-0.2, -0.15) is 0 Å². The smallest absolute Gasteiger partial charge is 0.238 e. The van der Waals surface area contributed by atoms with E-state index >= 15 is 0 Å². The normalized spacial score (nSPS) is 17.5. The van der Waals surface area contributed by atoms with Gasteiger partial charge in [-0.15, -0.1) is 0 Å². The number of para-hydroxylation sites is 3. The lowest BCUT2D eigenvalue weighted by molar-refractivity contribution is -0.120. The zero-order valence-corrected chi connectivity index (χ0v) is 19.4. The number of carbonyl (C=O) groups is 2. The fourth-order valence-electron chi connectivity index (χ4n) is 4.11. The van der Waals surface area contributed by atoms with Crippen LogP contribution in [0.3, 0.4) is 0 Å². The van der Waals surface area contributed by atoms with Gasteiger partial charge >= 0.3 is 0 Å². The first-order valence-corrected chi connectivity index (χ1v) is 11.7. The predicted molar refractivity (Wildman–Crippen MR) is 131 cm³/mol. The number of ether oxygens (including phenoxy) is 1. The Morgan fingerprint density at radius 2 is 1.27 bits per heavy atom. The van der Waals surface area contributed by atoms with Crippen LogP contribution in [0.4, 0.5) is 17.1 Å². The standard InChI is InChI=1S/C24H30ClN5O3/c25-19-5-1-2-6-20(19)26-23(31)17-28-9-11-29(12-10-28)18-24(32)27-21-7-3-4-8-22(21)30-13-15-33-16-14-30/h1-8H,9-18H2,(H,26,31)(H,27,32). The van der Waals surface area contributed by atoms with E-state index in [2.05, 4.69) is 25.3 Å². The van der Waals surface area contributed by atoms with Crippen LogP contribution in [0.1, 0.15) is 0 Å². The molecule has 2 aromatic carbocycles. The highest BCUT2D eigenvalue weighted by atomic mass is 35.5. The van der Waals surface area contributed by atoms with Crippen LogP contribution in [0, 0.1) is 0 Å². The van der Waals surface area contributed by atoms with E-state index in [0.717, 1.165) is 50.6 Å². The Morgan fingerprint density at radius 1 is 0.758 bits per heavy atom. The molecule has 0 radical (unpaired) electrons. The Kier molecular flexibility index (Phi) is 8.17. The zero-order chi connectivity index (χ0) is 23.0. The maximum absolute atomic E-state index is 12.7. The molecule has 176 valence electrons. The predicted octanol–water partition coefficient (Wildman–Crippen LogP) is 2.37. The van der Waals surface area contributed by atoms with E-state index < -0.39 is 0 Å². The van der Waals surface area contributed by atoms with Gasteiger partial charge in [-0.1, -0.05) is 35.9 Å². The van der Waals surface area contributed by atoms with Crippen molar-refractivity contribution < 1.29 is 14.3 Å². The fourth-order valence-corrected chi connectivity index (χ4v) is 4.30. The van der Waals surface area contributed by atoms with E-state index in [4.69, 9.17) is 16.3 Å². The summed E-state index contributed by atoms with van der Waals surface area (Å²) in [6, 6.07) is 15.1. The largest absolute Gasteiger partial charge is 0.378 e. The van der Waals surface area contributed by atoms with Crippen LogP contribution in [0.2, 0.25) is 5.02 Å². The topological polar surface area (TPSA) is 77.2 Å². The molecule has 2 amide bonds. The molecule has 9 heteroatoms. The van der Waals surface area contributed by atoms with E-state index in [0.29, 0.717) is 37.0 Å². The molecular formula is C24H30ClN5O3. The van der Waals surface area contributed by atoms with Crippen molar-refractivity contribution in [3.8, 4) is 0 Å². The van der Waals surface area contributed by atoms with Crippen LogP contribution >= 0.6 is 11.6 Å². The van der Waals surface area contributed by atoms with Crippen LogP contribution in [-0.4, -0.2) is 87.2 Å². The second-order valence-electron chi connectivity index (χ2n) is 8.25. The molecule has 0 spiro atoms. The van der Waals surface area contributed by atoms with Gasteiger partial charge in [-0.3, -0.25) is 19.4 Å². The Bertz CT molecular complexity index is 959. The molecule has 0 aliphatic carbocycles. The number of carbonyl (C=O) groups excluding carboxylic acids is 2. The first-order valence-electron chi connectivity index (χ1n) is 11.3. The number of benzene rings is 2. The third-order valence-corrected chi connectivity index (χ3v) is 6.21. The first kappa shape index (κ1) is 23.5. The molecule has 2 heterocycles. The minimum Gasteiger partial charge on any atom is -0.378 e. The van der Waals surface area contributed by atoms with Gasteiger partial charge in [0.15, 0.2) is 0 Å². The summed E-state index contributed by atoms with van der Waals surface area (Å²) < 4.78 is 5.44. The summed E-state index contributed by atoms with van der Waals surface area (Å²) in [5.74, 6) is -0.116. The summed E-state index contributed by atoms with van der Waals surface area (Å²) in [5, 5.41) is 6.46. The number of anilines is 3. The lowest BCUT2D eigenvalue weighted by Crippen LogP contribution is -2.50. The molecule has 2 saturated heterocycles. The SMILES string of the molecule is O=C(CN1CCN(CC(=O)Nc2ccccc2N2CCOCC2)CC1)Nc1ccccc1Cl. The van der Waals surface area contributed by atoms with Crippen LogP contribution in [0.25, 0.3) is 0 Å². The van der Waals surface area contributed by atoms with Gasteiger partial charge in [-0.25, -0.2) is 0 Å². The summed E-state index contributed by atoms with van der Waals surface area (Å²) in [4.78, 5) is 31.5. The fraction of sp³-hybridized carbons (Fsp3) is 0.417. The number of piperazine rings is 1. The summed E-state index contributed by atoms with van der Waals surface area (Å²) in [7, 11) is 0. The molecule has 0 atom stereocenters. The molecule has 4 rings (SSSR count). The van der Waals surface area contributed by atoms with E-state index in [1.807, 2.05) is 36.4 Å². The number of nitrogens with zero attached hydrogens (tertiary/aromatic N) is 3. The summed E-state index contributed by atoms with van der Waals surface area (Å²) >= 11 is 6.11. The number of halogens is 1. The maximum atomic E-state index is 12.7. The lowest BCUT2D eigenvalue weighted by Gasteiger charge is -2.34. The van der Waals surface area contributed by atoms with Crippen molar-refractivity contribution >= 4 is 40.5 Å². The average Bonchev–Trinajstić information content (AvgIpc) is 2.83. The van der Waals surface area contributed by atoms with Gasteiger partial charge in [0.2, 0.25) is 11.8 Å². The molecule has 2 fully saturated rings. The van der Waals surface area contributed by atoms with Gasteiger partial charge in [0.25, 0.3) is 0 Å². The van der Waals surface area contributed by atoms with Gasteiger partial charge in [-0.05, 0) is 24.3 Å². The minimum atomic E-state index is -0.0889. The second-order valence-corrected chi connectivity index (χ2v) is 8.65. The first-order chi connectivity index (χ1) is 16.1. The van der Waals surface area contributed by atoms with Crippen LogP contribution in [0.5, 0.6) is 0 Å². The molecule has 2 aliphatic heterocycles. The Morgan fingerprint density at radius 3 is 1.88 bits per heavy atom. The number of rotatable bonds is 7. The number of amides is 2. The molecule has 0 saturated carbocycles. The minimum absolute atomic E-state index is 0.0272.